The van der Waals surface area contributed by atoms with Crippen LogP contribution in [0.2, 0.25) is 0 Å². The van der Waals surface area contributed by atoms with Crippen molar-refractivity contribution < 1.29 is 14.0 Å². The molecule has 0 aliphatic carbocycles. The molecule has 1 heterocycles. The Morgan fingerprint density at radius 1 is 0.710 bits per heavy atom. The molecule has 2 atom stereocenters. The van der Waals surface area contributed by atoms with Gasteiger partial charge in [0.15, 0.2) is 0 Å². The van der Waals surface area contributed by atoms with Crippen molar-refractivity contribution in [3.05, 3.63) is 71.8 Å². The summed E-state index contributed by atoms with van der Waals surface area (Å²) in [6.07, 6.45) is -0.386. The van der Waals surface area contributed by atoms with Crippen molar-refractivity contribution in [1.29, 1.82) is 0 Å². The Balaban J connectivity index is 1.77. The largest absolute Gasteiger partial charge is 0.640 e. The first-order valence-corrected chi connectivity index (χ1v) is 11.7. The van der Waals surface area contributed by atoms with Gasteiger partial charge in [0.1, 0.15) is 0 Å². The van der Waals surface area contributed by atoms with E-state index < -0.39 is 7.32 Å². The molecule has 168 valence electrons. The molecule has 1 fully saturated rings. The van der Waals surface area contributed by atoms with Crippen molar-refractivity contribution >= 4 is 7.32 Å². The second-order valence-corrected chi connectivity index (χ2v) is 7.95. The fourth-order valence-electron chi connectivity index (χ4n) is 4.11. The minimum Gasteiger partial charge on any atom is -0.380 e. The number of hydrogen-bond acceptors (Lipinski definition) is 5. The Kier molecular flexibility index (Phi) is 9.56. The molecule has 0 radical (unpaired) electrons. The van der Waals surface area contributed by atoms with Crippen LogP contribution in [-0.2, 0) is 14.0 Å². The number of likely N-dealkylation sites (N-methyl/N-ethyl adjacent to an activating group) is 2. The lowest BCUT2D eigenvalue weighted by Crippen LogP contribution is -2.44. The van der Waals surface area contributed by atoms with Gasteiger partial charge < -0.3 is 23.8 Å². The third-order valence-corrected chi connectivity index (χ3v) is 6.06. The molecule has 2 aromatic carbocycles. The first kappa shape index (κ1) is 24.0. The van der Waals surface area contributed by atoms with Crippen LogP contribution in [0.1, 0.15) is 51.0 Å². The maximum Gasteiger partial charge on any atom is 0.640 e. The van der Waals surface area contributed by atoms with Crippen molar-refractivity contribution in [2.75, 3.05) is 39.3 Å². The molecule has 1 aliphatic rings. The van der Waals surface area contributed by atoms with Crippen LogP contribution >= 0.6 is 0 Å². The minimum absolute atomic E-state index is 0.00995. The van der Waals surface area contributed by atoms with E-state index in [2.05, 4.69) is 61.8 Å². The van der Waals surface area contributed by atoms with Crippen LogP contribution in [0.4, 0.5) is 0 Å². The van der Waals surface area contributed by atoms with Gasteiger partial charge in [0.2, 0.25) is 0 Å². The average Bonchev–Trinajstić information content (AvgIpc) is 3.25. The van der Waals surface area contributed by atoms with E-state index in [9.17, 15) is 0 Å². The third-order valence-electron chi connectivity index (χ3n) is 6.06. The molecule has 0 aromatic heterocycles. The van der Waals surface area contributed by atoms with E-state index in [1.807, 2.05) is 36.4 Å². The highest BCUT2D eigenvalue weighted by molar-refractivity contribution is 6.37. The minimum atomic E-state index is -0.688. The summed E-state index contributed by atoms with van der Waals surface area (Å²) in [5.74, 6) is 0. The Hall–Kier alpha value is -1.70. The highest BCUT2D eigenvalue weighted by atomic mass is 16.8. The second kappa shape index (κ2) is 12.4. The van der Waals surface area contributed by atoms with Crippen molar-refractivity contribution in [1.82, 2.24) is 9.80 Å². The van der Waals surface area contributed by atoms with Gasteiger partial charge in [-0.15, -0.1) is 0 Å². The Labute approximate surface area is 188 Å². The molecule has 0 spiro atoms. The molecule has 2 aromatic rings. The van der Waals surface area contributed by atoms with Gasteiger partial charge in [0.05, 0.1) is 18.3 Å². The van der Waals surface area contributed by atoms with Crippen molar-refractivity contribution in [3.8, 4) is 0 Å². The Morgan fingerprint density at radius 2 is 1.10 bits per heavy atom. The molecule has 1 saturated heterocycles. The maximum atomic E-state index is 6.46. The van der Waals surface area contributed by atoms with Gasteiger partial charge in [-0.3, -0.25) is 0 Å². The van der Waals surface area contributed by atoms with Gasteiger partial charge in [-0.2, -0.15) is 0 Å². The maximum absolute atomic E-state index is 6.46. The molecular weight excluding hydrogens is 387 g/mol. The van der Waals surface area contributed by atoms with Crippen LogP contribution in [0.3, 0.4) is 0 Å². The summed E-state index contributed by atoms with van der Waals surface area (Å²) in [7, 11) is -0.688. The number of rotatable bonds is 12. The quantitative estimate of drug-likeness (QED) is 0.467. The molecule has 0 bridgehead atoms. The van der Waals surface area contributed by atoms with Crippen LogP contribution in [0.5, 0.6) is 0 Å². The summed E-state index contributed by atoms with van der Waals surface area (Å²) in [5.41, 5.74) is 2.21. The zero-order chi connectivity index (χ0) is 22.1. The lowest BCUT2D eigenvalue weighted by molar-refractivity contribution is 0.0515. The zero-order valence-corrected chi connectivity index (χ0v) is 19.4. The van der Waals surface area contributed by atoms with Crippen LogP contribution in [0, 0.1) is 0 Å². The molecule has 5 nitrogen and oxygen atoms in total. The van der Waals surface area contributed by atoms with Crippen LogP contribution in [0.15, 0.2) is 60.7 Å². The molecule has 0 unspecified atom stereocenters. The summed E-state index contributed by atoms with van der Waals surface area (Å²) in [6, 6.07) is 20.6. The van der Waals surface area contributed by atoms with E-state index in [1.165, 1.54) is 0 Å². The summed E-state index contributed by atoms with van der Waals surface area (Å²) in [6.45, 7) is 14.5. The zero-order valence-electron chi connectivity index (χ0n) is 19.4. The first-order valence-electron chi connectivity index (χ1n) is 11.7. The van der Waals surface area contributed by atoms with Gasteiger partial charge in [-0.1, -0.05) is 88.4 Å². The Morgan fingerprint density at radius 3 is 1.45 bits per heavy atom. The molecule has 6 heteroatoms. The second-order valence-electron chi connectivity index (χ2n) is 7.95. The lowest BCUT2D eigenvalue weighted by atomic mass is 9.99. The molecular formula is C25H37BN2O3. The van der Waals surface area contributed by atoms with Crippen molar-refractivity contribution in [2.45, 2.75) is 46.0 Å². The average molecular weight is 424 g/mol. The van der Waals surface area contributed by atoms with Crippen molar-refractivity contribution in [2.24, 2.45) is 0 Å². The number of benzene rings is 2. The van der Waals surface area contributed by atoms with Gasteiger partial charge in [-0.05, 0) is 37.3 Å². The van der Waals surface area contributed by atoms with Gasteiger partial charge in [0, 0.05) is 13.1 Å². The van der Waals surface area contributed by atoms with E-state index >= 15 is 0 Å². The third kappa shape index (κ3) is 6.64. The van der Waals surface area contributed by atoms with Crippen LogP contribution in [-0.4, -0.2) is 62.5 Å². The molecule has 1 aliphatic heterocycles. The van der Waals surface area contributed by atoms with E-state index in [4.69, 9.17) is 14.0 Å². The van der Waals surface area contributed by atoms with E-state index in [0.29, 0.717) is 0 Å². The molecule has 0 N–H and O–H groups in total. The Bertz CT molecular complexity index is 679. The fourth-order valence-corrected chi connectivity index (χ4v) is 4.11. The normalized spacial score (nSPS) is 19.1. The predicted octanol–water partition coefficient (Wildman–Crippen LogP) is 4.57. The van der Waals surface area contributed by atoms with Crippen LogP contribution < -0.4 is 0 Å². The summed E-state index contributed by atoms with van der Waals surface area (Å²) >= 11 is 0. The molecule has 3 rings (SSSR count). The molecule has 0 amide bonds. The van der Waals surface area contributed by atoms with Gasteiger partial charge >= 0.3 is 7.32 Å². The summed E-state index contributed by atoms with van der Waals surface area (Å²) in [4.78, 5) is 4.79. The van der Waals surface area contributed by atoms with Gasteiger partial charge in [-0.25, -0.2) is 0 Å². The topological polar surface area (TPSA) is 34.2 Å². The SMILES string of the molecule is CCN(CC)CC(CN(CC)CC)OB1O[C@H](c2ccccc2)[C@@H](c2ccccc2)O1. The highest BCUT2D eigenvalue weighted by Crippen LogP contribution is 2.41. The monoisotopic (exact) mass is 424 g/mol. The standard InChI is InChI=1S/C25H37BN2O3/c1-5-27(6-2)19-23(20-28(7-3)8-4)29-26-30-24(21-15-11-9-12-16-21)25(31-26)22-17-13-10-14-18-22/h9-18,23-25H,5-8,19-20H2,1-4H3/t24-,25-/m1/s1. The van der Waals surface area contributed by atoms with Gasteiger partial charge in [0.25, 0.3) is 0 Å². The fraction of sp³-hybridized carbons (Fsp3) is 0.520. The lowest BCUT2D eigenvalue weighted by Gasteiger charge is -2.30. The number of nitrogens with zero attached hydrogens (tertiary/aromatic N) is 2. The van der Waals surface area contributed by atoms with Crippen LogP contribution in [0.25, 0.3) is 0 Å². The smallest absolute Gasteiger partial charge is 0.380 e. The van der Waals surface area contributed by atoms with E-state index in [-0.39, 0.29) is 18.3 Å². The summed E-state index contributed by atoms with van der Waals surface area (Å²) in [5, 5.41) is 0. The number of hydrogen-bond donors (Lipinski definition) is 0. The van der Waals surface area contributed by atoms with E-state index in [0.717, 1.165) is 50.4 Å². The summed E-state index contributed by atoms with van der Waals surface area (Å²) < 4.78 is 19.2. The highest BCUT2D eigenvalue weighted by Gasteiger charge is 2.44. The first-order chi connectivity index (χ1) is 15.2. The molecule has 31 heavy (non-hydrogen) atoms. The van der Waals surface area contributed by atoms with E-state index in [1.54, 1.807) is 0 Å². The molecule has 0 saturated carbocycles. The predicted molar refractivity (Wildman–Crippen MR) is 127 cm³/mol. The van der Waals surface area contributed by atoms with Crippen molar-refractivity contribution in [3.63, 3.8) is 0 Å².